The van der Waals surface area contributed by atoms with Crippen molar-refractivity contribution in [2.24, 2.45) is 0 Å². The Labute approximate surface area is 333 Å². The number of hydrogen-bond donors (Lipinski definition) is 0. The highest BCUT2D eigenvalue weighted by molar-refractivity contribution is 6.20. The van der Waals surface area contributed by atoms with E-state index in [2.05, 4.69) is 126 Å². The molecule has 270 valence electrons. The van der Waals surface area contributed by atoms with Crippen molar-refractivity contribution in [1.29, 1.82) is 0 Å². The fourth-order valence-electron chi connectivity index (χ4n) is 8.82. The van der Waals surface area contributed by atoms with Crippen LogP contribution < -0.4 is 0 Å². The van der Waals surface area contributed by atoms with Crippen LogP contribution in [0.3, 0.4) is 0 Å². The Morgan fingerprint density at radius 2 is 1.00 bits per heavy atom. The van der Waals surface area contributed by atoms with Gasteiger partial charge in [0.1, 0.15) is 11.2 Å². The molecule has 0 unspecified atom stereocenters. The highest BCUT2D eigenvalue weighted by Gasteiger charge is 2.20. The van der Waals surface area contributed by atoms with Gasteiger partial charge in [-0.1, -0.05) is 164 Å². The highest BCUT2D eigenvalue weighted by atomic mass is 16.3. The molecule has 0 amide bonds. The van der Waals surface area contributed by atoms with E-state index in [1.54, 1.807) is 0 Å². The third-order valence-electron chi connectivity index (χ3n) is 11.4. The summed E-state index contributed by atoms with van der Waals surface area (Å²) in [5, 5.41) is 9.31. The van der Waals surface area contributed by atoms with Gasteiger partial charge in [0.05, 0.1) is 16.7 Å². The minimum atomic E-state index is 0.601. The molecule has 58 heavy (non-hydrogen) atoms. The third-order valence-corrected chi connectivity index (χ3v) is 11.4. The van der Waals surface area contributed by atoms with E-state index < -0.39 is 0 Å². The lowest BCUT2D eigenvalue weighted by molar-refractivity contribution is 0.669. The summed E-state index contributed by atoms with van der Waals surface area (Å²) in [5.74, 6) is 1.85. The summed E-state index contributed by atoms with van der Waals surface area (Å²) >= 11 is 0. The normalized spacial score (nSPS) is 11.8. The second-order valence-electron chi connectivity index (χ2n) is 14.7. The van der Waals surface area contributed by atoms with Crippen LogP contribution in [0, 0.1) is 0 Å². The molecule has 0 radical (unpaired) electrons. The Bertz CT molecular complexity index is 3510. The van der Waals surface area contributed by atoms with E-state index in [0.717, 1.165) is 55.4 Å². The first-order valence-corrected chi connectivity index (χ1v) is 19.5. The molecule has 12 rings (SSSR count). The lowest BCUT2D eigenvalue weighted by Crippen LogP contribution is -2.00. The number of hydrogen-bond acceptors (Lipinski definition) is 4. The lowest BCUT2D eigenvalue weighted by atomic mass is 9.95. The van der Waals surface area contributed by atoms with Gasteiger partial charge < -0.3 is 8.98 Å². The summed E-state index contributed by atoms with van der Waals surface area (Å²) in [5.41, 5.74) is 10.1. The fraction of sp³-hybridized carbons (Fsp3) is 0. The summed E-state index contributed by atoms with van der Waals surface area (Å²) in [6.07, 6.45) is 0. The topological polar surface area (TPSA) is 56.7 Å². The Balaban J connectivity index is 1.03. The first-order valence-electron chi connectivity index (χ1n) is 19.5. The van der Waals surface area contributed by atoms with E-state index in [9.17, 15) is 0 Å². The lowest BCUT2D eigenvalue weighted by Gasteiger charge is -2.15. The summed E-state index contributed by atoms with van der Waals surface area (Å²) in [6, 6.07) is 68.0. The molecule has 0 saturated heterocycles. The van der Waals surface area contributed by atoms with Crippen LogP contribution >= 0.6 is 0 Å². The van der Waals surface area contributed by atoms with Crippen LogP contribution in [0.5, 0.6) is 0 Å². The van der Waals surface area contributed by atoms with Crippen molar-refractivity contribution in [3.05, 3.63) is 194 Å². The molecular formula is C53H32N4O. The van der Waals surface area contributed by atoms with Crippen molar-refractivity contribution in [3.8, 4) is 51.0 Å². The van der Waals surface area contributed by atoms with Gasteiger partial charge in [-0.25, -0.2) is 15.0 Å². The van der Waals surface area contributed by atoms with Crippen LogP contribution in [-0.2, 0) is 0 Å². The van der Waals surface area contributed by atoms with E-state index in [-0.39, 0.29) is 0 Å². The average Bonchev–Trinajstić information content (AvgIpc) is 3.85. The zero-order valence-electron chi connectivity index (χ0n) is 31.2. The molecule has 0 atom stereocenters. The average molecular weight is 741 g/mol. The van der Waals surface area contributed by atoms with Gasteiger partial charge in [-0.3, -0.25) is 0 Å². The van der Waals surface area contributed by atoms with Gasteiger partial charge in [-0.05, 0) is 52.2 Å². The van der Waals surface area contributed by atoms with Crippen LogP contribution in [0.15, 0.2) is 199 Å². The molecule has 5 nitrogen and oxygen atoms in total. The molecule has 12 aromatic rings. The maximum absolute atomic E-state index is 6.66. The predicted octanol–water partition coefficient (Wildman–Crippen LogP) is 13.8. The van der Waals surface area contributed by atoms with Gasteiger partial charge >= 0.3 is 0 Å². The monoisotopic (exact) mass is 740 g/mol. The molecule has 0 aliphatic rings. The molecule has 9 aromatic carbocycles. The number of benzene rings is 9. The van der Waals surface area contributed by atoms with E-state index in [4.69, 9.17) is 19.4 Å². The van der Waals surface area contributed by atoms with E-state index in [0.29, 0.717) is 17.5 Å². The van der Waals surface area contributed by atoms with Gasteiger partial charge in [0.25, 0.3) is 0 Å². The maximum atomic E-state index is 6.66. The molecule has 3 heterocycles. The number of aromatic nitrogens is 4. The molecule has 3 aromatic heterocycles. The van der Waals surface area contributed by atoms with Gasteiger partial charge in [0.2, 0.25) is 0 Å². The second kappa shape index (κ2) is 12.8. The van der Waals surface area contributed by atoms with Crippen molar-refractivity contribution in [2.75, 3.05) is 0 Å². The van der Waals surface area contributed by atoms with E-state index in [1.807, 2.05) is 72.8 Å². The summed E-state index contributed by atoms with van der Waals surface area (Å²) in [6.45, 7) is 0. The summed E-state index contributed by atoms with van der Waals surface area (Å²) in [4.78, 5) is 15.0. The molecular weight excluding hydrogens is 709 g/mol. The maximum Gasteiger partial charge on any atom is 0.164 e. The molecule has 0 spiro atoms. The minimum Gasteiger partial charge on any atom is -0.456 e. The Hall–Kier alpha value is -7.89. The Morgan fingerprint density at radius 1 is 0.362 bits per heavy atom. The molecule has 0 aliphatic heterocycles. The zero-order valence-corrected chi connectivity index (χ0v) is 31.2. The first kappa shape index (κ1) is 32.4. The van der Waals surface area contributed by atoms with Crippen LogP contribution in [0.1, 0.15) is 0 Å². The fourth-order valence-corrected chi connectivity index (χ4v) is 8.82. The number of nitrogens with zero attached hydrogens (tertiary/aromatic N) is 4. The first-order chi connectivity index (χ1) is 28.8. The standard InChI is InChI=1S/C53H32N4O/c1-3-15-34(16-4-1)51-54-52(35-17-5-2-6-18-35)56-53(55-51)44-23-13-25-47-49(44)43-29-27-36(32-48(43)58-47)37-30-31-46(40-21-10-9-20-39(37)40)57-45-24-12-11-22-41(45)42-28-26-33-14-7-8-19-38(33)50(42)57/h1-32H. The van der Waals surface area contributed by atoms with Crippen molar-refractivity contribution < 1.29 is 4.42 Å². The van der Waals surface area contributed by atoms with Crippen LogP contribution in [0.25, 0.3) is 116 Å². The van der Waals surface area contributed by atoms with E-state index in [1.165, 1.54) is 43.4 Å². The number of furan rings is 1. The molecule has 0 N–H and O–H groups in total. The molecule has 0 bridgehead atoms. The van der Waals surface area contributed by atoms with Crippen LogP contribution in [0.4, 0.5) is 0 Å². The molecule has 0 saturated carbocycles. The largest absolute Gasteiger partial charge is 0.456 e. The highest BCUT2D eigenvalue weighted by Crippen LogP contribution is 2.42. The van der Waals surface area contributed by atoms with Crippen molar-refractivity contribution >= 4 is 65.3 Å². The van der Waals surface area contributed by atoms with Crippen molar-refractivity contribution in [1.82, 2.24) is 19.5 Å². The molecule has 0 fully saturated rings. The number of para-hydroxylation sites is 1. The smallest absolute Gasteiger partial charge is 0.164 e. The number of fused-ring (bicyclic) bond motifs is 9. The van der Waals surface area contributed by atoms with E-state index >= 15 is 0 Å². The van der Waals surface area contributed by atoms with Crippen LogP contribution in [-0.4, -0.2) is 19.5 Å². The van der Waals surface area contributed by atoms with Gasteiger partial charge in [-0.15, -0.1) is 0 Å². The zero-order chi connectivity index (χ0) is 38.2. The molecule has 0 aliphatic carbocycles. The third kappa shape index (κ3) is 5.00. The second-order valence-corrected chi connectivity index (χ2v) is 14.7. The Kier molecular flexibility index (Phi) is 7.16. The van der Waals surface area contributed by atoms with Gasteiger partial charge in [0, 0.05) is 49.0 Å². The van der Waals surface area contributed by atoms with Gasteiger partial charge in [-0.2, -0.15) is 0 Å². The summed E-state index contributed by atoms with van der Waals surface area (Å²) < 4.78 is 9.12. The quantitative estimate of drug-likeness (QED) is 0.176. The van der Waals surface area contributed by atoms with Crippen molar-refractivity contribution in [2.45, 2.75) is 0 Å². The Morgan fingerprint density at radius 3 is 1.78 bits per heavy atom. The predicted molar refractivity (Wildman–Crippen MR) is 238 cm³/mol. The molecule has 5 heteroatoms. The van der Waals surface area contributed by atoms with Crippen LogP contribution in [0.2, 0.25) is 0 Å². The summed E-state index contributed by atoms with van der Waals surface area (Å²) in [7, 11) is 0. The van der Waals surface area contributed by atoms with Crippen molar-refractivity contribution in [3.63, 3.8) is 0 Å². The van der Waals surface area contributed by atoms with Gasteiger partial charge in [0.15, 0.2) is 17.5 Å². The number of rotatable bonds is 5. The SMILES string of the molecule is c1ccc(-c2nc(-c3ccccc3)nc(-c3cccc4oc5cc(-c6ccc(-n7c8ccccc8c8ccc9ccccc9c87)c7ccccc67)ccc5c34)n2)cc1. The minimum absolute atomic E-state index is 0.601.